The normalized spacial score (nSPS) is 19.5. The van der Waals surface area contributed by atoms with Gasteiger partial charge < -0.3 is 15.0 Å². The van der Waals surface area contributed by atoms with E-state index in [9.17, 15) is 9.59 Å². The Balaban J connectivity index is 1.78. The number of likely N-dealkylation sites (tertiary alicyclic amines) is 1. The SMILES string of the molecule is COCCNC(=O)C1CC(c2ccccc2)CN(C(=O)c2ccccc2)C1. The van der Waals surface area contributed by atoms with Gasteiger partial charge in [0.25, 0.3) is 5.91 Å². The maximum Gasteiger partial charge on any atom is 0.253 e. The van der Waals surface area contributed by atoms with E-state index in [4.69, 9.17) is 4.74 Å². The summed E-state index contributed by atoms with van der Waals surface area (Å²) in [7, 11) is 1.61. The van der Waals surface area contributed by atoms with Crippen LogP contribution in [0.25, 0.3) is 0 Å². The highest BCUT2D eigenvalue weighted by Gasteiger charge is 2.34. The molecule has 5 heteroatoms. The summed E-state index contributed by atoms with van der Waals surface area (Å²) in [6.07, 6.45) is 0.737. The third kappa shape index (κ3) is 4.95. The molecule has 3 rings (SSSR count). The van der Waals surface area contributed by atoms with Crippen LogP contribution in [0.2, 0.25) is 0 Å². The number of nitrogens with zero attached hydrogens (tertiary/aromatic N) is 1. The second kappa shape index (κ2) is 9.33. The van der Waals surface area contributed by atoms with Crippen LogP contribution in [0.5, 0.6) is 0 Å². The van der Waals surface area contributed by atoms with E-state index < -0.39 is 0 Å². The van der Waals surface area contributed by atoms with Crippen molar-refractivity contribution in [2.75, 3.05) is 33.4 Å². The van der Waals surface area contributed by atoms with Crippen LogP contribution in [0.15, 0.2) is 60.7 Å². The number of carbonyl (C=O) groups excluding carboxylic acids is 2. The van der Waals surface area contributed by atoms with Crippen LogP contribution in [0.3, 0.4) is 0 Å². The number of amides is 2. The minimum Gasteiger partial charge on any atom is -0.383 e. The Morgan fingerprint density at radius 2 is 1.70 bits per heavy atom. The van der Waals surface area contributed by atoms with E-state index in [2.05, 4.69) is 17.4 Å². The lowest BCUT2D eigenvalue weighted by Gasteiger charge is -2.37. The molecule has 2 amide bonds. The lowest BCUT2D eigenvalue weighted by atomic mass is 9.83. The molecule has 2 unspecified atom stereocenters. The number of piperidine rings is 1. The Hall–Kier alpha value is -2.66. The molecule has 2 atom stereocenters. The summed E-state index contributed by atoms with van der Waals surface area (Å²) in [5, 5.41) is 2.92. The molecule has 1 aliphatic rings. The van der Waals surface area contributed by atoms with Crippen molar-refractivity contribution in [3.8, 4) is 0 Å². The first-order valence-electron chi connectivity index (χ1n) is 9.35. The molecule has 1 heterocycles. The van der Waals surface area contributed by atoms with E-state index in [0.29, 0.717) is 31.8 Å². The van der Waals surface area contributed by atoms with E-state index in [0.717, 1.165) is 12.0 Å². The quantitative estimate of drug-likeness (QED) is 0.800. The zero-order chi connectivity index (χ0) is 19.1. The van der Waals surface area contributed by atoms with Crippen molar-refractivity contribution in [3.05, 3.63) is 71.8 Å². The van der Waals surface area contributed by atoms with Gasteiger partial charge in [-0.15, -0.1) is 0 Å². The number of hydrogen-bond acceptors (Lipinski definition) is 3. The van der Waals surface area contributed by atoms with Crippen molar-refractivity contribution in [1.82, 2.24) is 10.2 Å². The molecule has 0 saturated carbocycles. The van der Waals surface area contributed by atoms with E-state index >= 15 is 0 Å². The molecule has 1 saturated heterocycles. The topological polar surface area (TPSA) is 58.6 Å². The summed E-state index contributed by atoms with van der Waals surface area (Å²) in [5.41, 5.74) is 1.82. The minimum absolute atomic E-state index is 0.0152. The highest BCUT2D eigenvalue weighted by Crippen LogP contribution is 2.31. The zero-order valence-corrected chi connectivity index (χ0v) is 15.6. The zero-order valence-electron chi connectivity index (χ0n) is 15.6. The number of methoxy groups -OCH3 is 1. The molecule has 0 bridgehead atoms. The maximum atomic E-state index is 13.0. The molecule has 1 fully saturated rings. The molecule has 0 radical (unpaired) electrons. The second-order valence-electron chi connectivity index (χ2n) is 6.90. The third-order valence-corrected chi connectivity index (χ3v) is 5.01. The van der Waals surface area contributed by atoms with Crippen molar-refractivity contribution in [2.24, 2.45) is 5.92 Å². The van der Waals surface area contributed by atoms with Gasteiger partial charge in [0, 0.05) is 38.2 Å². The molecular weight excluding hydrogens is 340 g/mol. The largest absolute Gasteiger partial charge is 0.383 e. The Morgan fingerprint density at radius 3 is 2.37 bits per heavy atom. The molecular formula is C22H26N2O3. The van der Waals surface area contributed by atoms with E-state index in [1.807, 2.05) is 53.4 Å². The average molecular weight is 366 g/mol. The van der Waals surface area contributed by atoms with Gasteiger partial charge in [0.1, 0.15) is 0 Å². The van der Waals surface area contributed by atoms with Gasteiger partial charge in [0.2, 0.25) is 5.91 Å². The standard InChI is InChI=1S/C22H26N2O3/c1-27-13-12-23-21(25)20-14-19(17-8-4-2-5-9-17)15-24(16-20)22(26)18-10-6-3-7-11-18/h2-11,19-20H,12-16H2,1H3,(H,23,25). The molecule has 1 N–H and O–H groups in total. The molecule has 1 aliphatic heterocycles. The third-order valence-electron chi connectivity index (χ3n) is 5.01. The Kier molecular flexibility index (Phi) is 6.60. The number of benzene rings is 2. The first-order valence-corrected chi connectivity index (χ1v) is 9.35. The fraction of sp³-hybridized carbons (Fsp3) is 0.364. The predicted molar refractivity (Wildman–Crippen MR) is 105 cm³/mol. The smallest absolute Gasteiger partial charge is 0.253 e. The van der Waals surface area contributed by atoms with Crippen molar-refractivity contribution in [2.45, 2.75) is 12.3 Å². The van der Waals surface area contributed by atoms with Gasteiger partial charge in [0.05, 0.1) is 12.5 Å². The fourth-order valence-electron chi connectivity index (χ4n) is 3.61. The number of rotatable bonds is 6. The number of nitrogens with one attached hydrogen (secondary N) is 1. The van der Waals surface area contributed by atoms with Crippen molar-refractivity contribution < 1.29 is 14.3 Å². The van der Waals surface area contributed by atoms with E-state index in [1.54, 1.807) is 7.11 Å². The second-order valence-corrected chi connectivity index (χ2v) is 6.90. The molecule has 27 heavy (non-hydrogen) atoms. The molecule has 2 aromatic rings. The van der Waals surface area contributed by atoms with E-state index in [1.165, 1.54) is 0 Å². The highest BCUT2D eigenvalue weighted by atomic mass is 16.5. The predicted octanol–water partition coefficient (Wildman–Crippen LogP) is 2.70. The summed E-state index contributed by atoms with van der Waals surface area (Å²) in [4.78, 5) is 27.4. The molecule has 5 nitrogen and oxygen atoms in total. The van der Waals surface area contributed by atoms with Crippen LogP contribution < -0.4 is 5.32 Å². The van der Waals surface area contributed by atoms with Gasteiger partial charge in [-0.1, -0.05) is 48.5 Å². The van der Waals surface area contributed by atoms with Gasteiger partial charge in [-0.25, -0.2) is 0 Å². The van der Waals surface area contributed by atoms with Crippen molar-refractivity contribution in [3.63, 3.8) is 0 Å². The van der Waals surface area contributed by atoms with Gasteiger partial charge in [-0.2, -0.15) is 0 Å². The van der Waals surface area contributed by atoms with Crippen LogP contribution >= 0.6 is 0 Å². The average Bonchev–Trinajstić information content (AvgIpc) is 2.74. The Labute approximate surface area is 160 Å². The van der Waals surface area contributed by atoms with E-state index in [-0.39, 0.29) is 23.7 Å². The van der Waals surface area contributed by atoms with Crippen LogP contribution in [0.1, 0.15) is 28.3 Å². The van der Waals surface area contributed by atoms with Gasteiger partial charge in [0.15, 0.2) is 0 Å². The summed E-state index contributed by atoms with van der Waals surface area (Å²) in [6, 6.07) is 19.4. The highest BCUT2D eigenvalue weighted by molar-refractivity contribution is 5.94. The maximum absolute atomic E-state index is 13.0. The fourth-order valence-corrected chi connectivity index (χ4v) is 3.61. The lowest BCUT2D eigenvalue weighted by molar-refractivity contribution is -0.126. The van der Waals surface area contributed by atoms with Crippen LogP contribution in [-0.4, -0.2) is 50.1 Å². The summed E-state index contributed by atoms with van der Waals surface area (Å²) >= 11 is 0. The number of ether oxygens (including phenoxy) is 1. The van der Waals surface area contributed by atoms with Crippen molar-refractivity contribution in [1.29, 1.82) is 0 Å². The van der Waals surface area contributed by atoms with Crippen LogP contribution in [0.4, 0.5) is 0 Å². The molecule has 0 spiro atoms. The Morgan fingerprint density at radius 1 is 1.04 bits per heavy atom. The molecule has 0 aromatic heterocycles. The van der Waals surface area contributed by atoms with Gasteiger partial charge in [-0.05, 0) is 24.1 Å². The monoisotopic (exact) mass is 366 g/mol. The molecule has 142 valence electrons. The number of hydrogen-bond donors (Lipinski definition) is 1. The lowest BCUT2D eigenvalue weighted by Crippen LogP contribution is -2.48. The molecule has 0 aliphatic carbocycles. The van der Waals surface area contributed by atoms with Gasteiger partial charge >= 0.3 is 0 Å². The summed E-state index contributed by atoms with van der Waals surface area (Å²) in [5.74, 6) is -0.122. The number of carbonyl (C=O) groups is 2. The first kappa shape index (κ1) is 19.1. The van der Waals surface area contributed by atoms with Crippen LogP contribution in [-0.2, 0) is 9.53 Å². The Bertz CT molecular complexity index is 749. The summed E-state index contributed by atoms with van der Waals surface area (Å²) < 4.78 is 5.01. The molecule has 2 aromatic carbocycles. The summed E-state index contributed by atoms with van der Waals surface area (Å²) in [6.45, 7) is 2.02. The first-order chi connectivity index (χ1) is 13.2. The minimum atomic E-state index is -0.228. The van der Waals surface area contributed by atoms with Crippen LogP contribution in [0, 0.1) is 5.92 Å². The van der Waals surface area contributed by atoms with Gasteiger partial charge in [-0.3, -0.25) is 9.59 Å². The van der Waals surface area contributed by atoms with Crippen molar-refractivity contribution >= 4 is 11.8 Å².